The van der Waals surface area contributed by atoms with Crippen molar-refractivity contribution in [2.24, 2.45) is 0 Å². The van der Waals surface area contributed by atoms with Crippen LogP contribution in [-0.4, -0.2) is 38.0 Å². The quantitative estimate of drug-likeness (QED) is 0.400. The van der Waals surface area contributed by atoms with E-state index in [4.69, 9.17) is 8.27 Å². The molecular formula is C9H15GaO3. The molecule has 0 aromatic heterocycles. The summed E-state index contributed by atoms with van der Waals surface area (Å²) in [5.41, 5.74) is 0. The second kappa shape index (κ2) is 7.23. The van der Waals surface area contributed by atoms with E-state index < -0.39 is 0 Å². The van der Waals surface area contributed by atoms with Gasteiger partial charge in [-0.3, -0.25) is 0 Å². The van der Waals surface area contributed by atoms with Gasteiger partial charge in [0.05, 0.1) is 0 Å². The summed E-state index contributed by atoms with van der Waals surface area (Å²) in [6.07, 6.45) is 2.81. The van der Waals surface area contributed by atoms with Crippen LogP contribution in [0.2, 0.25) is 0 Å². The Morgan fingerprint density at radius 2 is 2.23 bits per heavy atom. The molecule has 3 nitrogen and oxygen atoms in total. The van der Waals surface area contributed by atoms with Crippen LogP contribution in [0, 0.1) is 0 Å². The van der Waals surface area contributed by atoms with Crippen molar-refractivity contribution in [1.29, 1.82) is 0 Å². The van der Waals surface area contributed by atoms with E-state index in [9.17, 15) is 4.79 Å². The van der Waals surface area contributed by atoms with E-state index in [0.29, 0.717) is 12.2 Å². The summed E-state index contributed by atoms with van der Waals surface area (Å²) in [6, 6.07) is 0. The van der Waals surface area contributed by atoms with Gasteiger partial charge in [0, 0.05) is 0 Å². The Balaban J connectivity index is 4.28. The summed E-state index contributed by atoms with van der Waals surface area (Å²) in [5.74, 6) is 0.708. The summed E-state index contributed by atoms with van der Waals surface area (Å²) < 4.78 is 10.1. The van der Waals surface area contributed by atoms with Crippen molar-refractivity contribution in [3.05, 3.63) is 11.8 Å². The second-order valence-electron chi connectivity index (χ2n) is 2.76. The van der Waals surface area contributed by atoms with Crippen molar-refractivity contribution in [3.8, 4) is 0 Å². The van der Waals surface area contributed by atoms with Gasteiger partial charge in [0.1, 0.15) is 0 Å². The fraction of sp³-hybridized carbons (Fsp3) is 0.667. The van der Waals surface area contributed by atoms with Crippen LogP contribution in [0.25, 0.3) is 0 Å². The normalized spacial score (nSPS) is 13.9. The molecule has 4 heteroatoms. The first-order valence-electron chi connectivity index (χ1n) is 4.29. The molecule has 0 aliphatic carbocycles. The number of ketones is 1. The SMILES string of the molecule is CCCC(=O)/C=C(\[O][Ga])C(C)OC. The van der Waals surface area contributed by atoms with E-state index in [1.54, 1.807) is 7.11 Å². The Labute approximate surface area is 89.8 Å². The van der Waals surface area contributed by atoms with Crippen LogP contribution >= 0.6 is 0 Å². The number of carbonyl (C=O) groups is 1. The molecule has 0 saturated carbocycles. The van der Waals surface area contributed by atoms with Gasteiger partial charge in [-0.25, -0.2) is 0 Å². The predicted octanol–water partition coefficient (Wildman–Crippen LogP) is 1.37. The van der Waals surface area contributed by atoms with E-state index in [1.807, 2.05) is 13.8 Å². The van der Waals surface area contributed by atoms with E-state index in [0.717, 1.165) is 25.4 Å². The third kappa shape index (κ3) is 5.18. The molecule has 1 unspecified atom stereocenters. The fourth-order valence-electron chi connectivity index (χ4n) is 0.841. The zero-order valence-corrected chi connectivity index (χ0v) is 10.8. The fourth-order valence-corrected chi connectivity index (χ4v) is 1.39. The van der Waals surface area contributed by atoms with Crippen LogP contribution in [0.15, 0.2) is 11.8 Å². The summed E-state index contributed by atoms with van der Waals surface area (Å²) in [6.45, 7) is 3.83. The molecule has 0 aliphatic heterocycles. The van der Waals surface area contributed by atoms with E-state index in [-0.39, 0.29) is 11.9 Å². The second-order valence-corrected chi connectivity index (χ2v) is 3.25. The molecule has 13 heavy (non-hydrogen) atoms. The van der Waals surface area contributed by atoms with E-state index in [2.05, 4.69) is 0 Å². The maximum atomic E-state index is 11.2. The number of carbonyl (C=O) groups excluding carboxylic acids is 1. The first-order valence-corrected chi connectivity index (χ1v) is 5.28. The van der Waals surface area contributed by atoms with Gasteiger partial charge in [-0.05, 0) is 0 Å². The molecule has 72 valence electrons. The number of hydrogen-bond acceptors (Lipinski definition) is 3. The zero-order chi connectivity index (χ0) is 10.3. The van der Waals surface area contributed by atoms with Crippen molar-refractivity contribution in [2.45, 2.75) is 32.8 Å². The molecule has 0 fully saturated rings. The summed E-state index contributed by atoms with van der Waals surface area (Å²) in [4.78, 5) is 11.2. The average Bonchev–Trinajstić information content (AvgIpc) is 2.13. The van der Waals surface area contributed by atoms with Crippen LogP contribution in [0.1, 0.15) is 26.7 Å². The van der Waals surface area contributed by atoms with Crippen molar-refractivity contribution in [1.82, 2.24) is 0 Å². The monoisotopic (exact) mass is 240 g/mol. The molecule has 0 amide bonds. The molecule has 0 rings (SSSR count). The third-order valence-electron chi connectivity index (χ3n) is 1.69. The molecule has 2 radical (unpaired) electrons. The Morgan fingerprint density at radius 3 is 2.62 bits per heavy atom. The molecule has 0 aromatic rings. The molecule has 0 heterocycles. The third-order valence-corrected chi connectivity index (χ3v) is 2.26. The number of hydrogen-bond donors (Lipinski definition) is 0. The van der Waals surface area contributed by atoms with Crippen molar-refractivity contribution < 1.29 is 13.1 Å². The first-order chi connectivity index (χ1) is 6.15. The summed E-state index contributed by atoms with van der Waals surface area (Å²) in [7, 11) is 1.59. The number of methoxy groups -OCH3 is 1. The molecular weight excluding hydrogens is 226 g/mol. The number of allylic oxidation sites excluding steroid dienone is 1. The average molecular weight is 241 g/mol. The summed E-state index contributed by atoms with van der Waals surface area (Å²) >= 11 is 1.11. The van der Waals surface area contributed by atoms with Crippen molar-refractivity contribution >= 4 is 24.7 Å². The Kier molecular flexibility index (Phi) is 7.13. The summed E-state index contributed by atoms with van der Waals surface area (Å²) in [5, 5.41) is 0. The minimum absolute atomic E-state index is 0.0963. The van der Waals surface area contributed by atoms with Gasteiger partial charge in [-0.1, -0.05) is 0 Å². The molecule has 0 aliphatic rings. The number of rotatable bonds is 6. The van der Waals surface area contributed by atoms with Crippen LogP contribution < -0.4 is 0 Å². The maximum absolute atomic E-state index is 11.2. The van der Waals surface area contributed by atoms with Crippen molar-refractivity contribution in [2.75, 3.05) is 7.11 Å². The van der Waals surface area contributed by atoms with E-state index >= 15 is 0 Å². The van der Waals surface area contributed by atoms with E-state index in [1.165, 1.54) is 6.08 Å². The van der Waals surface area contributed by atoms with Gasteiger partial charge in [0.25, 0.3) is 0 Å². The molecule has 0 aromatic carbocycles. The first kappa shape index (κ1) is 12.8. The van der Waals surface area contributed by atoms with Gasteiger partial charge in [-0.2, -0.15) is 0 Å². The molecule has 0 N–H and O–H groups in total. The molecule has 0 bridgehead atoms. The molecule has 0 spiro atoms. The van der Waals surface area contributed by atoms with Gasteiger partial charge in [-0.15, -0.1) is 0 Å². The van der Waals surface area contributed by atoms with Gasteiger partial charge in [0.15, 0.2) is 0 Å². The van der Waals surface area contributed by atoms with Crippen LogP contribution in [0.3, 0.4) is 0 Å². The van der Waals surface area contributed by atoms with Crippen LogP contribution in [0.4, 0.5) is 0 Å². The molecule has 1 atom stereocenters. The Morgan fingerprint density at radius 1 is 1.62 bits per heavy atom. The topological polar surface area (TPSA) is 35.5 Å². The molecule has 0 saturated heterocycles. The zero-order valence-electron chi connectivity index (χ0n) is 8.37. The van der Waals surface area contributed by atoms with Crippen LogP contribution in [0.5, 0.6) is 0 Å². The van der Waals surface area contributed by atoms with Gasteiger partial charge >= 0.3 is 89.5 Å². The Bertz CT molecular complexity index is 189. The van der Waals surface area contributed by atoms with Gasteiger partial charge in [0.2, 0.25) is 0 Å². The van der Waals surface area contributed by atoms with Gasteiger partial charge < -0.3 is 0 Å². The number of ether oxygens (including phenoxy) is 1. The Hall–Kier alpha value is -0.194. The predicted molar refractivity (Wildman–Crippen MR) is 51.3 cm³/mol. The van der Waals surface area contributed by atoms with Crippen molar-refractivity contribution in [3.63, 3.8) is 0 Å². The minimum atomic E-state index is -0.146. The van der Waals surface area contributed by atoms with Crippen LogP contribution in [-0.2, 0) is 13.1 Å². The standard InChI is InChI=1S/C9H16O3.Ga/c1-4-5-8(10)6-9(11)7(2)12-3;/h6-7,11H,4-5H2,1-3H3;/q;+1/p-1/b9-6-;.